The number of nitrogens with zero attached hydrogens (tertiary/aromatic N) is 1. The third-order valence-corrected chi connectivity index (χ3v) is 4.20. The summed E-state index contributed by atoms with van der Waals surface area (Å²) in [6.07, 6.45) is 2.38. The predicted molar refractivity (Wildman–Crippen MR) is 81.9 cm³/mol. The summed E-state index contributed by atoms with van der Waals surface area (Å²) in [5.41, 5.74) is 0. The Labute approximate surface area is 125 Å². The quantitative estimate of drug-likeness (QED) is 0.866. The Hall–Kier alpha value is -0.620. The van der Waals surface area contributed by atoms with Gasteiger partial charge in [0.15, 0.2) is 0 Å². The molecule has 0 radical (unpaired) electrons. The maximum absolute atomic E-state index is 11.8. The van der Waals surface area contributed by atoms with E-state index < -0.39 is 0 Å². The monoisotopic (exact) mass is 303 g/mol. The molecule has 0 saturated carbocycles. The van der Waals surface area contributed by atoms with E-state index in [1.165, 1.54) is 17.7 Å². The third kappa shape index (κ3) is 5.48. The first-order valence-corrected chi connectivity index (χ1v) is 7.34. The first-order valence-electron chi connectivity index (χ1n) is 6.46. The maximum Gasteiger partial charge on any atom is 0.234 e. The van der Waals surface area contributed by atoms with Gasteiger partial charge in [0.25, 0.3) is 0 Å². The minimum Gasteiger partial charge on any atom is -0.350 e. The van der Waals surface area contributed by atoms with Crippen molar-refractivity contribution in [2.45, 2.75) is 25.4 Å². The van der Waals surface area contributed by atoms with Crippen LogP contribution in [0.1, 0.15) is 17.7 Å². The van der Waals surface area contributed by atoms with Gasteiger partial charge in [0, 0.05) is 17.5 Å². The molecular formula is C13H22ClN3OS. The Morgan fingerprint density at radius 3 is 3.11 bits per heavy atom. The maximum atomic E-state index is 11.8. The molecule has 1 aliphatic rings. The van der Waals surface area contributed by atoms with Gasteiger partial charge in [0.05, 0.1) is 13.1 Å². The molecule has 1 unspecified atom stereocenters. The lowest BCUT2D eigenvalue weighted by Crippen LogP contribution is -2.47. The van der Waals surface area contributed by atoms with Gasteiger partial charge in [-0.25, -0.2) is 0 Å². The zero-order valence-electron chi connectivity index (χ0n) is 11.2. The number of thiophene rings is 1. The number of rotatable bonds is 5. The first-order chi connectivity index (χ1) is 8.78. The largest absolute Gasteiger partial charge is 0.350 e. The molecule has 0 bridgehead atoms. The zero-order valence-corrected chi connectivity index (χ0v) is 12.9. The number of nitrogens with one attached hydrogen (secondary N) is 2. The van der Waals surface area contributed by atoms with Crippen molar-refractivity contribution >= 4 is 29.7 Å². The molecule has 1 aliphatic heterocycles. The van der Waals surface area contributed by atoms with Crippen LogP contribution >= 0.6 is 23.7 Å². The summed E-state index contributed by atoms with van der Waals surface area (Å²) in [6.45, 7) is 3.18. The molecule has 1 aromatic heterocycles. The summed E-state index contributed by atoms with van der Waals surface area (Å²) in [4.78, 5) is 15.3. The Balaban J connectivity index is 0.00000180. The van der Waals surface area contributed by atoms with E-state index in [-0.39, 0.29) is 18.3 Å². The van der Waals surface area contributed by atoms with Gasteiger partial charge in [0.2, 0.25) is 5.91 Å². The van der Waals surface area contributed by atoms with Crippen molar-refractivity contribution in [3.63, 3.8) is 0 Å². The molecule has 6 heteroatoms. The number of amides is 1. The van der Waals surface area contributed by atoms with Crippen molar-refractivity contribution < 1.29 is 4.79 Å². The van der Waals surface area contributed by atoms with Crippen molar-refractivity contribution in [3.8, 4) is 0 Å². The lowest BCUT2D eigenvalue weighted by atomic mass is 10.1. The Morgan fingerprint density at radius 2 is 2.42 bits per heavy atom. The fraction of sp³-hybridized carbons (Fsp3) is 0.615. The zero-order chi connectivity index (χ0) is 12.8. The van der Waals surface area contributed by atoms with Gasteiger partial charge < -0.3 is 10.6 Å². The van der Waals surface area contributed by atoms with Crippen LogP contribution in [0.4, 0.5) is 0 Å². The van der Waals surface area contributed by atoms with Crippen LogP contribution in [0, 0.1) is 0 Å². The molecular weight excluding hydrogens is 282 g/mol. The summed E-state index contributed by atoms with van der Waals surface area (Å²) in [5.74, 6) is 0.125. The average molecular weight is 304 g/mol. The molecule has 1 amide bonds. The van der Waals surface area contributed by atoms with Gasteiger partial charge in [-0.05, 0) is 37.9 Å². The standard InChI is InChI=1S/C13H21N3OS.ClH/c1-14-11-4-2-6-16(9-11)10-13(17)15-8-12-5-3-7-18-12;/h3,5,7,11,14H,2,4,6,8-10H2,1H3,(H,15,17);1H. The van der Waals surface area contributed by atoms with Gasteiger partial charge in [0.1, 0.15) is 0 Å². The number of hydrogen-bond acceptors (Lipinski definition) is 4. The van der Waals surface area contributed by atoms with Crippen molar-refractivity contribution in [2.75, 3.05) is 26.7 Å². The van der Waals surface area contributed by atoms with E-state index in [0.717, 1.165) is 13.1 Å². The van der Waals surface area contributed by atoms with E-state index in [1.54, 1.807) is 11.3 Å². The summed E-state index contributed by atoms with van der Waals surface area (Å²) in [5, 5.41) is 8.30. The number of likely N-dealkylation sites (N-methyl/N-ethyl adjacent to an activating group) is 1. The second-order valence-electron chi connectivity index (χ2n) is 4.72. The Kier molecular flexibility index (Phi) is 7.38. The highest BCUT2D eigenvalue weighted by Gasteiger charge is 2.19. The fourth-order valence-corrected chi connectivity index (χ4v) is 2.94. The van der Waals surface area contributed by atoms with Crippen LogP contribution in [-0.2, 0) is 11.3 Å². The molecule has 1 saturated heterocycles. The number of hydrogen-bond donors (Lipinski definition) is 2. The molecule has 19 heavy (non-hydrogen) atoms. The second-order valence-corrected chi connectivity index (χ2v) is 5.75. The van der Waals surface area contributed by atoms with Gasteiger partial charge in [-0.1, -0.05) is 6.07 Å². The van der Waals surface area contributed by atoms with Crippen molar-refractivity contribution in [1.82, 2.24) is 15.5 Å². The predicted octanol–water partition coefficient (Wildman–Crippen LogP) is 1.47. The van der Waals surface area contributed by atoms with Crippen LogP contribution in [-0.4, -0.2) is 43.5 Å². The molecule has 0 aliphatic carbocycles. The lowest BCUT2D eigenvalue weighted by molar-refractivity contribution is -0.122. The van der Waals surface area contributed by atoms with Crippen LogP contribution in [0.25, 0.3) is 0 Å². The number of piperidine rings is 1. The number of carbonyl (C=O) groups is 1. The lowest BCUT2D eigenvalue weighted by Gasteiger charge is -2.31. The van der Waals surface area contributed by atoms with Crippen LogP contribution in [0.15, 0.2) is 17.5 Å². The van der Waals surface area contributed by atoms with E-state index >= 15 is 0 Å². The second kappa shape index (κ2) is 8.53. The van der Waals surface area contributed by atoms with Crippen molar-refractivity contribution in [1.29, 1.82) is 0 Å². The molecule has 2 N–H and O–H groups in total. The average Bonchev–Trinajstić information content (AvgIpc) is 2.90. The normalized spacial score (nSPS) is 19.7. The molecule has 0 aromatic carbocycles. The van der Waals surface area contributed by atoms with Crippen molar-refractivity contribution in [3.05, 3.63) is 22.4 Å². The smallest absolute Gasteiger partial charge is 0.234 e. The van der Waals surface area contributed by atoms with E-state index in [0.29, 0.717) is 19.1 Å². The van der Waals surface area contributed by atoms with Crippen LogP contribution < -0.4 is 10.6 Å². The highest BCUT2D eigenvalue weighted by Crippen LogP contribution is 2.10. The third-order valence-electron chi connectivity index (χ3n) is 3.32. The van der Waals surface area contributed by atoms with E-state index in [4.69, 9.17) is 0 Å². The number of carbonyl (C=O) groups excluding carboxylic acids is 1. The molecule has 2 rings (SSSR count). The van der Waals surface area contributed by atoms with Crippen molar-refractivity contribution in [2.24, 2.45) is 0 Å². The molecule has 1 atom stereocenters. The van der Waals surface area contributed by atoms with Gasteiger partial charge in [-0.2, -0.15) is 0 Å². The number of halogens is 1. The summed E-state index contributed by atoms with van der Waals surface area (Å²) in [6, 6.07) is 4.58. The van der Waals surface area contributed by atoms with Gasteiger partial charge in [-0.3, -0.25) is 9.69 Å². The SMILES string of the molecule is CNC1CCCN(CC(=O)NCc2cccs2)C1.Cl. The van der Waals surface area contributed by atoms with Crippen LogP contribution in [0.3, 0.4) is 0 Å². The van der Waals surface area contributed by atoms with E-state index in [2.05, 4.69) is 15.5 Å². The molecule has 108 valence electrons. The van der Waals surface area contributed by atoms with Gasteiger partial charge >= 0.3 is 0 Å². The molecule has 0 spiro atoms. The molecule has 4 nitrogen and oxygen atoms in total. The van der Waals surface area contributed by atoms with E-state index in [9.17, 15) is 4.79 Å². The highest BCUT2D eigenvalue weighted by molar-refractivity contribution is 7.09. The molecule has 1 fully saturated rings. The first kappa shape index (κ1) is 16.4. The number of likely N-dealkylation sites (tertiary alicyclic amines) is 1. The molecule has 1 aromatic rings. The minimum absolute atomic E-state index is 0. The summed E-state index contributed by atoms with van der Waals surface area (Å²) >= 11 is 1.68. The highest BCUT2D eigenvalue weighted by atomic mass is 35.5. The van der Waals surface area contributed by atoms with Crippen LogP contribution in [0.2, 0.25) is 0 Å². The topological polar surface area (TPSA) is 44.4 Å². The summed E-state index contributed by atoms with van der Waals surface area (Å²) in [7, 11) is 1.99. The Morgan fingerprint density at radius 1 is 1.58 bits per heavy atom. The summed E-state index contributed by atoms with van der Waals surface area (Å²) < 4.78 is 0. The Bertz CT molecular complexity index is 372. The van der Waals surface area contributed by atoms with Gasteiger partial charge in [-0.15, -0.1) is 23.7 Å². The van der Waals surface area contributed by atoms with Crippen LogP contribution in [0.5, 0.6) is 0 Å². The fourth-order valence-electron chi connectivity index (χ4n) is 2.29. The molecule has 2 heterocycles. The van der Waals surface area contributed by atoms with E-state index in [1.807, 2.05) is 24.6 Å². The minimum atomic E-state index is 0.